The topological polar surface area (TPSA) is 24.4 Å². The van der Waals surface area contributed by atoms with Crippen LogP contribution in [0.25, 0.3) is 0 Å². The van der Waals surface area contributed by atoms with Gasteiger partial charge in [-0.25, -0.2) is 0 Å². The van der Waals surface area contributed by atoms with E-state index in [1.165, 1.54) is 43.7 Å². The molecule has 1 heterocycles. The van der Waals surface area contributed by atoms with Gasteiger partial charge in [0.15, 0.2) is 5.17 Å². The van der Waals surface area contributed by atoms with Crippen molar-refractivity contribution in [3.63, 3.8) is 0 Å². The van der Waals surface area contributed by atoms with E-state index in [1.54, 1.807) is 0 Å². The number of amidine groups is 1. The normalized spacial score (nSPS) is 27.2. The molecule has 15 heavy (non-hydrogen) atoms. The molecule has 2 rings (SSSR count). The van der Waals surface area contributed by atoms with E-state index in [-0.39, 0.29) is 0 Å². The molecule has 3 heteroatoms. The fraction of sp³-hybridized carbons (Fsp3) is 0.917. The summed E-state index contributed by atoms with van der Waals surface area (Å²) >= 11 is 1.91. The van der Waals surface area contributed by atoms with Gasteiger partial charge in [-0.05, 0) is 26.7 Å². The van der Waals surface area contributed by atoms with E-state index in [4.69, 9.17) is 0 Å². The van der Waals surface area contributed by atoms with Crippen molar-refractivity contribution in [3.8, 4) is 0 Å². The van der Waals surface area contributed by atoms with E-state index in [2.05, 4.69) is 24.2 Å². The highest BCUT2D eigenvalue weighted by molar-refractivity contribution is 8.15. The van der Waals surface area contributed by atoms with Gasteiger partial charge in [-0.1, -0.05) is 37.4 Å². The highest BCUT2D eigenvalue weighted by atomic mass is 32.2. The van der Waals surface area contributed by atoms with Gasteiger partial charge in [0.2, 0.25) is 0 Å². The van der Waals surface area contributed by atoms with Gasteiger partial charge < -0.3 is 5.32 Å². The minimum atomic E-state index is 0.313. The van der Waals surface area contributed by atoms with Crippen molar-refractivity contribution in [1.82, 2.24) is 5.32 Å². The lowest BCUT2D eigenvalue weighted by Crippen LogP contribution is -2.32. The molecule has 0 aromatic carbocycles. The Hall–Kier alpha value is -0.180. The van der Waals surface area contributed by atoms with Crippen LogP contribution < -0.4 is 5.32 Å². The van der Waals surface area contributed by atoms with Gasteiger partial charge in [-0.15, -0.1) is 0 Å². The first-order chi connectivity index (χ1) is 7.16. The summed E-state index contributed by atoms with van der Waals surface area (Å²) in [5.41, 5.74) is 0. The second kappa shape index (κ2) is 4.77. The van der Waals surface area contributed by atoms with Crippen LogP contribution in [0, 0.1) is 0 Å². The summed E-state index contributed by atoms with van der Waals surface area (Å²) in [5, 5.41) is 4.81. The number of hydrogen-bond donors (Lipinski definition) is 1. The number of nitrogens with one attached hydrogen (secondary N) is 1. The minimum Gasteiger partial charge on any atom is -0.362 e. The molecular formula is C12H22N2S. The van der Waals surface area contributed by atoms with Gasteiger partial charge >= 0.3 is 0 Å². The lowest BCUT2D eigenvalue weighted by atomic mass is 10.1. The van der Waals surface area contributed by atoms with Gasteiger partial charge in [0.1, 0.15) is 0 Å². The van der Waals surface area contributed by atoms with Crippen molar-refractivity contribution in [2.75, 3.05) is 6.54 Å². The first-order valence-corrected chi connectivity index (χ1v) is 6.97. The largest absolute Gasteiger partial charge is 0.362 e. The van der Waals surface area contributed by atoms with E-state index in [1.807, 2.05) is 11.8 Å². The number of nitrogens with zero attached hydrogens (tertiary/aromatic N) is 1. The van der Waals surface area contributed by atoms with Gasteiger partial charge in [0, 0.05) is 10.8 Å². The molecule has 0 aromatic rings. The summed E-state index contributed by atoms with van der Waals surface area (Å²) in [6.45, 7) is 5.50. The minimum absolute atomic E-state index is 0.313. The van der Waals surface area contributed by atoms with Gasteiger partial charge in [-0.2, -0.15) is 0 Å². The van der Waals surface area contributed by atoms with Crippen molar-refractivity contribution >= 4 is 16.9 Å². The molecule has 0 aromatic heterocycles. The van der Waals surface area contributed by atoms with Crippen LogP contribution in [-0.4, -0.2) is 22.5 Å². The number of aliphatic imine (C=N–C) groups is 1. The van der Waals surface area contributed by atoms with Crippen LogP contribution >= 0.6 is 11.8 Å². The Balaban J connectivity index is 1.81. The second-order valence-electron chi connectivity index (χ2n) is 5.32. The molecule has 0 unspecified atom stereocenters. The number of rotatable bonds is 1. The molecule has 1 saturated carbocycles. The third kappa shape index (κ3) is 3.40. The highest BCUT2D eigenvalue weighted by Crippen LogP contribution is 2.31. The molecule has 0 bridgehead atoms. The first-order valence-electron chi connectivity index (χ1n) is 6.16. The number of thioether (sulfide) groups is 1. The molecule has 1 N–H and O–H groups in total. The quantitative estimate of drug-likeness (QED) is 0.694. The Labute approximate surface area is 97.3 Å². The predicted molar refractivity (Wildman–Crippen MR) is 68.6 cm³/mol. The van der Waals surface area contributed by atoms with Crippen molar-refractivity contribution < 1.29 is 0 Å². The van der Waals surface area contributed by atoms with Crippen LogP contribution in [0.4, 0.5) is 0 Å². The van der Waals surface area contributed by atoms with Gasteiger partial charge in [0.25, 0.3) is 0 Å². The lowest BCUT2D eigenvalue weighted by Gasteiger charge is -2.19. The van der Waals surface area contributed by atoms with Crippen LogP contribution in [0.1, 0.15) is 52.4 Å². The third-order valence-electron chi connectivity index (χ3n) is 3.16. The fourth-order valence-electron chi connectivity index (χ4n) is 2.26. The maximum Gasteiger partial charge on any atom is 0.157 e. The molecule has 1 aliphatic carbocycles. The van der Waals surface area contributed by atoms with E-state index < -0.39 is 0 Å². The SMILES string of the molecule is CC1(C)CN=C(NC2CCCCCC2)S1. The van der Waals surface area contributed by atoms with Crippen LogP contribution in [0.3, 0.4) is 0 Å². The standard InChI is InChI=1S/C12H22N2S/c1-12(2)9-13-11(15-12)14-10-7-5-3-4-6-8-10/h10H,3-9H2,1-2H3,(H,13,14). The van der Waals surface area contributed by atoms with Crippen molar-refractivity contribution in [2.45, 2.75) is 63.2 Å². The predicted octanol–water partition coefficient (Wildman–Crippen LogP) is 3.18. The highest BCUT2D eigenvalue weighted by Gasteiger charge is 2.28. The maximum atomic E-state index is 4.58. The Morgan fingerprint density at radius 3 is 2.40 bits per heavy atom. The first kappa shape index (κ1) is 11.3. The van der Waals surface area contributed by atoms with E-state index in [0.717, 1.165) is 6.54 Å². The summed E-state index contributed by atoms with van der Waals surface area (Å²) in [6.07, 6.45) is 8.28. The lowest BCUT2D eigenvalue weighted by molar-refractivity contribution is 0.536. The average Bonchev–Trinajstić information content (AvgIpc) is 2.41. The maximum absolute atomic E-state index is 4.58. The summed E-state index contributed by atoms with van der Waals surface area (Å²) in [7, 11) is 0. The van der Waals surface area contributed by atoms with Crippen LogP contribution in [0.15, 0.2) is 4.99 Å². The van der Waals surface area contributed by atoms with Gasteiger partial charge in [0.05, 0.1) is 6.54 Å². The Kier molecular flexibility index (Phi) is 3.60. The van der Waals surface area contributed by atoms with Gasteiger partial charge in [-0.3, -0.25) is 4.99 Å². The molecule has 0 radical (unpaired) electrons. The molecule has 86 valence electrons. The molecule has 1 aliphatic heterocycles. The fourth-order valence-corrected chi connectivity index (χ4v) is 3.27. The summed E-state index contributed by atoms with van der Waals surface area (Å²) in [5.74, 6) is 0. The second-order valence-corrected chi connectivity index (χ2v) is 7.01. The molecule has 0 spiro atoms. The Morgan fingerprint density at radius 2 is 1.87 bits per heavy atom. The summed E-state index contributed by atoms with van der Waals surface area (Å²) in [6, 6.07) is 0.688. The molecular weight excluding hydrogens is 204 g/mol. The zero-order valence-electron chi connectivity index (χ0n) is 9.88. The monoisotopic (exact) mass is 226 g/mol. The molecule has 1 fully saturated rings. The molecule has 0 saturated heterocycles. The number of hydrogen-bond acceptors (Lipinski definition) is 3. The van der Waals surface area contributed by atoms with Crippen molar-refractivity contribution in [2.24, 2.45) is 4.99 Å². The zero-order valence-corrected chi connectivity index (χ0v) is 10.7. The van der Waals surface area contributed by atoms with Crippen molar-refractivity contribution in [3.05, 3.63) is 0 Å². The molecule has 0 atom stereocenters. The average molecular weight is 226 g/mol. The Morgan fingerprint density at radius 1 is 1.20 bits per heavy atom. The van der Waals surface area contributed by atoms with Crippen molar-refractivity contribution in [1.29, 1.82) is 0 Å². The molecule has 2 aliphatic rings. The van der Waals surface area contributed by atoms with E-state index >= 15 is 0 Å². The summed E-state index contributed by atoms with van der Waals surface area (Å²) in [4.78, 5) is 4.58. The third-order valence-corrected chi connectivity index (χ3v) is 4.28. The molecule has 2 nitrogen and oxygen atoms in total. The smallest absolute Gasteiger partial charge is 0.157 e. The zero-order chi connectivity index (χ0) is 10.7. The molecule has 0 amide bonds. The Bertz CT molecular complexity index is 240. The van der Waals surface area contributed by atoms with Crippen LogP contribution in [0.5, 0.6) is 0 Å². The van der Waals surface area contributed by atoms with E-state index in [9.17, 15) is 0 Å². The summed E-state index contributed by atoms with van der Waals surface area (Å²) < 4.78 is 0.313. The van der Waals surface area contributed by atoms with E-state index in [0.29, 0.717) is 10.8 Å². The van der Waals surface area contributed by atoms with Crippen LogP contribution in [-0.2, 0) is 0 Å². The van der Waals surface area contributed by atoms with Crippen LogP contribution in [0.2, 0.25) is 0 Å².